The number of esters is 1. The van der Waals surface area contributed by atoms with Gasteiger partial charge in [0.05, 0.1) is 28.5 Å². The number of aliphatic carboxylic acids is 1. The number of aliphatic hydroxyl groups excluding tert-OH is 1. The Kier molecular flexibility index (Phi) is 11.5. The Labute approximate surface area is 364 Å². The molecule has 332 valence electrons. The summed E-state index contributed by atoms with van der Waals surface area (Å²) in [5.41, 5.74) is 0.516. The standard InChI is InChI=1S/C50H73ClN2O7/c1-28(2)39-34(54)25-50(37(55)26-52-27-44(3,4)53-41(56)29-14-12-13-15-33(29)51)23-22-48(10)30(40(39)50)16-17-36-47(9)20-19-38(46(7,8)35(47)18-21-49(36,48)11)60-43(59)32-24-31(42(57)58)45(32,5)6/h12-15,28,30-32,35-38,52,55H,16-27H2,1-11H3,(H,53,56)(H,57,58)/t30-,31+,32-,35+,36-,37+,38+,47+,48-,49-,50+/m1/s1. The molecule has 6 aliphatic rings. The molecule has 7 rings (SSSR count). The Bertz CT molecular complexity index is 1950. The summed E-state index contributed by atoms with van der Waals surface area (Å²) in [5.74, 6) is -0.961. The molecule has 0 spiro atoms. The number of ether oxygens (including phenoxy) is 1. The second-order valence-electron chi connectivity index (χ2n) is 23.1. The first-order valence-corrected chi connectivity index (χ1v) is 23.3. The number of amides is 1. The largest absolute Gasteiger partial charge is 0.481 e. The Hall–Kier alpha value is -2.75. The molecule has 1 amide bonds. The number of fused-ring (bicyclic) bond motifs is 7. The van der Waals surface area contributed by atoms with Gasteiger partial charge in [-0.25, -0.2) is 0 Å². The van der Waals surface area contributed by atoms with Gasteiger partial charge in [-0.05, 0) is 135 Å². The molecule has 60 heavy (non-hydrogen) atoms. The van der Waals surface area contributed by atoms with Gasteiger partial charge in [-0.15, -0.1) is 0 Å². The van der Waals surface area contributed by atoms with Crippen LogP contribution in [0, 0.1) is 68.0 Å². The van der Waals surface area contributed by atoms with Crippen LogP contribution in [0.4, 0.5) is 0 Å². The molecule has 0 unspecified atom stereocenters. The second-order valence-corrected chi connectivity index (χ2v) is 23.5. The van der Waals surface area contributed by atoms with Crippen LogP contribution in [0.5, 0.6) is 0 Å². The lowest BCUT2D eigenvalue weighted by Gasteiger charge is -2.72. The van der Waals surface area contributed by atoms with Crippen LogP contribution < -0.4 is 10.6 Å². The fourth-order valence-electron chi connectivity index (χ4n) is 15.0. The molecule has 0 aromatic heterocycles. The first kappa shape index (κ1) is 45.3. The third-order valence-corrected chi connectivity index (χ3v) is 19.0. The van der Waals surface area contributed by atoms with Gasteiger partial charge in [0.2, 0.25) is 0 Å². The van der Waals surface area contributed by atoms with E-state index in [1.165, 1.54) is 5.57 Å². The lowest BCUT2D eigenvalue weighted by Crippen LogP contribution is -2.66. The normalized spacial score (nSPS) is 38.5. The lowest BCUT2D eigenvalue weighted by molar-refractivity contribution is -0.238. The van der Waals surface area contributed by atoms with Crippen molar-refractivity contribution in [2.75, 3.05) is 13.1 Å². The van der Waals surface area contributed by atoms with E-state index >= 15 is 0 Å². The maximum atomic E-state index is 14.2. The van der Waals surface area contributed by atoms with E-state index in [-0.39, 0.29) is 57.3 Å². The number of ketones is 1. The molecular weight excluding hydrogens is 776 g/mol. The van der Waals surface area contributed by atoms with Gasteiger partial charge < -0.3 is 25.6 Å². The number of nitrogens with one attached hydrogen (secondary N) is 2. The molecule has 11 atom stereocenters. The quantitative estimate of drug-likeness (QED) is 0.162. The van der Waals surface area contributed by atoms with Gasteiger partial charge in [0.25, 0.3) is 5.91 Å². The molecule has 0 radical (unpaired) electrons. The van der Waals surface area contributed by atoms with Crippen LogP contribution in [0.25, 0.3) is 0 Å². The SMILES string of the molecule is CC(C)C1=C2[C@H]3CC[C@@H]4[C@@]5(C)CC[C@H](OC(=O)[C@H]6C[C@@H](C(=O)O)C6(C)C)C(C)(C)[C@@H]5CC[C@@]4(C)[C@]3(C)CC[C@@]2([C@@H](O)CNCC(C)(C)NC(=O)c2ccccc2Cl)CC1=O. The van der Waals surface area contributed by atoms with Crippen molar-refractivity contribution in [1.29, 1.82) is 0 Å². The van der Waals surface area contributed by atoms with Gasteiger partial charge in [-0.3, -0.25) is 19.2 Å². The second kappa shape index (κ2) is 15.2. The maximum Gasteiger partial charge on any atom is 0.309 e. The van der Waals surface area contributed by atoms with Crippen LogP contribution in [-0.2, 0) is 19.1 Å². The molecule has 0 saturated heterocycles. The van der Waals surface area contributed by atoms with Gasteiger partial charge in [0.1, 0.15) is 6.10 Å². The highest BCUT2D eigenvalue weighted by molar-refractivity contribution is 6.33. The smallest absolute Gasteiger partial charge is 0.309 e. The van der Waals surface area contributed by atoms with E-state index in [1.54, 1.807) is 24.3 Å². The van der Waals surface area contributed by atoms with E-state index in [0.717, 1.165) is 56.9 Å². The fraction of sp³-hybridized carbons (Fsp3) is 0.760. The van der Waals surface area contributed by atoms with Crippen LogP contribution in [-0.4, -0.2) is 64.7 Å². The number of carbonyl (C=O) groups is 4. The number of carboxylic acid groups (broad SMARTS) is 1. The third-order valence-electron chi connectivity index (χ3n) is 18.6. The van der Waals surface area contributed by atoms with Crippen molar-refractivity contribution in [1.82, 2.24) is 10.6 Å². The van der Waals surface area contributed by atoms with Gasteiger partial charge in [-0.2, -0.15) is 0 Å². The van der Waals surface area contributed by atoms with Crippen molar-refractivity contribution in [3.8, 4) is 0 Å². The summed E-state index contributed by atoms with van der Waals surface area (Å²) in [5, 5.41) is 29.0. The number of rotatable bonds is 11. The number of hydrogen-bond acceptors (Lipinski definition) is 7. The Morgan fingerprint density at radius 2 is 1.57 bits per heavy atom. The zero-order valence-electron chi connectivity index (χ0n) is 38.2. The average Bonchev–Trinajstić information content (AvgIpc) is 3.45. The molecule has 5 saturated carbocycles. The Balaban J connectivity index is 1.09. The number of carboxylic acids is 1. The summed E-state index contributed by atoms with van der Waals surface area (Å²) in [6, 6.07) is 7.00. The van der Waals surface area contributed by atoms with Gasteiger partial charge in [-0.1, -0.05) is 91.6 Å². The van der Waals surface area contributed by atoms with E-state index in [9.17, 15) is 29.4 Å². The first-order chi connectivity index (χ1) is 27.8. The van der Waals surface area contributed by atoms with E-state index in [4.69, 9.17) is 16.3 Å². The number of hydrogen-bond donors (Lipinski definition) is 4. The number of Topliss-reactive ketones (excluding diaryl/α,β-unsaturated/α-hetero) is 1. The lowest BCUT2D eigenvalue weighted by atomic mass is 9.33. The minimum absolute atomic E-state index is 0.0164. The first-order valence-electron chi connectivity index (χ1n) is 23.0. The number of benzene rings is 1. The zero-order chi connectivity index (χ0) is 44.2. The number of allylic oxidation sites excluding steroid dienone is 1. The molecule has 6 aliphatic carbocycles. The highest BCUT2D eigenvalue weighted by atomic mass is 35.5. The minimum Gasteiger partial charge on any atom is -0.481 e. The van der Waals surface area contributed by atoms with Crippen LogP contribution in [0.3, 0.4) is 0 Å². The van der Waals surface area contributed by atoms with E-state index in [1.807, 2.05) is 27.7 Å². The monoisotopic (exact) mass is 849 g/mol. The van der Waals surface area contributed by atoms with Crippen molar-refractivity contribution < 1.29 is 34.1 Å². The van der Waals surface area contributed by atoms with Crippen molar-refractivity contribution in [2.24, 2.45) is 68.0 Å². The maximum absolute atomic E-state index is 14.2. The summed E-state index contributed by atoms with van der Waals surface area (Å²) in [6.07, 6.45) is 7.36. The molecule has 10 heteroatoms. The summed E-state index contributed by atoms with van der Waals surface area (Å²) in [6.45, 7) is 24.9. The molecule has 0 heterocycles. The number of halogens is 1. The predicted molar refractivity (Wildman–Crippen MR) is 234 cm³/mol. The molecule has 0 bridgehead atoms. The van der Waals surface area contributed by atoms with Gasteiger partial charge in [0, 0.05) is 35.9 Å². The Morgan fingerprint density at radius 1 is 0.883 bits per heavy atom. The van der Waals surface area contributed by atoms with Gasteiger partial charge >= 0.3 is 11.9 Å². The molecular formula is C50H73ClN2O7. The van der Waals surface area contributed by atoms with Crippen LogP contribution in [0.1, 0.15) is 151 Å². The van der Waals surface area contributed by atoms with Crippen molar-refractivity contribution in [2.45, 2.75) is 158 Å². The molecule has 9 nitrogen and oxygen atoms in total. The summed E-state index contributed by atoms with van der Waals surface area (Å²) >= 11 is 6.31. The minimum atomic E-state index is -0.839. The third kappa shape index (κ3) is 6.83. The topological polar surface area (TPSA) is 142 Å². The number of carbonyl (C=O) groups excluding carboxylic acids is 3. The van der Waals surface area contributed by atoms with Crippen molar-refractivity contribution >= 4 is 35.2 Å². The Morgan fingerprint density at radius 3 is 2.20 bits per heavy atom. The van der Waals surface area contributed by atoms with Crippen LogP contribution in [0.2, 0.25) is 5.02 Å². The highest BCUT2D eigenvalue weighted by Gasteiger charge is 2.71. The summed E-state index contributed by atoms with van der Waals surface area (Å²) in [4.78, 5) is 52.8. The van der Waals surface area contributed by atoms with Gasteiger partial charge in [0.15, 0.2) is 5.78 Å². The van der Waals surface area contributed by atoms with Crippen molar-refractivity contribution in [3.05, 3.63) is 46.0 Å². The predicted octanol–water partition coefficient (Wildman–Crippen LogP) is 9.44. The fourth-order valence-corrected chi connectivity index (χ4v) is 15.2. The summed E-state index contributed by atoms with van der Waals surface area (Å²) in [7, 11) is 0. The van der Waals surface area contributed by atoms with Crippen molar-refractivity contribution in [3.63, 3.8) is 0 Å². The zero-order valence-corrected chi connectivity index (χ0v) is 39.0. The molecule has 5 fully saturated rings. The average molecular weight is 850 g/mol. The number of aliphatic hydroxyl groups is 1. The molecule has 1 aromatic rings. The van der Waals surface area contributed by atoms with E-state index in [2.05, 4.69) is 59.1 Å². The molecule has 1 aromatic carbocycles. The molecule has 4 N–H and O–H groups in total. The summed E-state index contributed by atoms with van der Waals surface area (Å²) < 4.78 is 6.42. The van der Waals surface area contributed by atoms with E-state index in [0.29, 0.717) is 48.4 Å². The molecule has 0 aliphatic heterocycles. The van der Waals surface area contributed by atoms with E-state index < -0.39 is 40.3 Å². The van der Waals surface area contributed by atoms with Crippen LogP contribution in [0.15, 0.2) is 35.4 Å². The van der Waals surface area contributed by atoms with Crippen LogP contribution >= 0.6 is 11.6 Å². The highest BCUT2D eigenvalue weighted by Crippen LogP contribution is 2.77.